The second kappa shape index (κ2) is 15.0. The zero-order chi connectivity index (χ0) is 37.3. The zero-order valence-corrected chi connectivity index (χ0v) is 31.1. The molecule has 4 aliphatic rings. The van der Waals surface area contributed by atoms with Crippen LogP contribution in [0, 0.1) is 5.92 Å². The van der Waals surface area contributed by atoms with Crippen LogP contribution in [-0.2, 0) is 24.4 Å². The predicted molar refractivity (Wildman–Crippen MR) is 197 cm³/mol. The number of pyridine rings is 2. The van der Waals surface area contributed by atoms with E-state index in [2.05, 4.69) is 25.3 Å². The lowest BCUT2D eigenvalue weighted by Gasteiger charge is -2.30. The second-order valence-electron chi connectivity index (χ2n) is 14.1. The van der Waals surface area contributed by atoms with E-state index in [1.54, 1.807) is 49.8 Å². The van der Waals surface area contributed by atoms with Crippen molar-refractivity contribution < 1.29 is 37.0 Å². The molecule has 3 aromatic rings. The summed E-state index contributed by atoms with van der Waals surface area (Å²) in [7, 11) is -0.812. The fraction of sp³-hybridized carbons (Fsp3) is 0.486. The number of nitrogens with zero attached hydrogens (tertiary/aromatic N) is 3. The molecular formula is C37H43ClN6O8S. The molecule has 0 radical (unpaired) electrons. The molecule has 7 rings (SSSR count). The molecule has 14 nitrogen and oxygen atoms in total. The lowest BCUT2D eigenvalue weighted by molar-refractivity contribution is -0.140. The normalized spacial score (nSPS) is 27.0. The van der Waals surface area contributed by atoms with Crippen LogP contribution in [0.4, 0.5) is 5.69 Å². The third kappa shape index (κ3) is 7.86. The monoisotopic (exact) mass is 766 g/mol. The molecule has 3 fully saturated rings. The van der Waals surface area contributed by atoms with Gasteiger partial charge >= 0.3 is 0 Å². The first kappa shape index (κ1) is 36.7. The Bertz CT molecular complexity index is 2030. The summed E-state index contributed by atoms with van der Waals surface area (Å²) in [5.41, 5.74) is -0.864. The second-order valence-corrected chi connectivity index (χ2v) is 16.5. The molecule has 0 spiro atoms. The van der Waals surface area contributed by atoms with E-state index in [1.807, 2.05) is 12.2 Å². The summed E-state index contributed by atoms with van der Waals surface area (Å²) in [6, 6.07) is 6.97. The number of ether oxygens (including phenoxy) is 3. The first-order chi connectivity index (χ1) is 25.5. The minimum atomic E-state index is -3.87. The van der Waals surface area contributed by atoms with E-state index in [4.69, 9.17) is 25.8 Å². The van der Waals surface area contributed by atoms with E-state index < -0.39 is 56.7 Å². The van der Waals surface area contributed by atoms with E-state index in [1.165, 1.54) is 12.0 Å². The number of nitrogens with one attached hydrogen (secondary N) is 3. The Labute approximate surface area is 313 Å². The van der Waals surface area contributed by atoms with Crippen LogP contribution >= 0.6 is 11.6 Å². The highest BCUT2D eigenvalue weighted by Gasteiger charge is 2.62. The Morgan fingerprint density at radius 2 is 1.85 bits per heavy atom. The van der Waals surface area contributed by atoms with Crippen LogP contribution in [0.25, 0.3) is 10.8 Å². The number of carbonyl (C=O) groups excluding carboxylic acids is 3. The molecule has 1 saturated heterocycles. The number of aromatic nitrogens is 2. The fourth-order valence-corrected chi connectivity index (χ4v) is 8.75. The summed E-state index contributed by atoms with van der Waals surface area (Å²) in [6.07, 6.45) is 11.3. The lowest BCUT2D eigenvalue weighted by atomic mass is 10.0. The molecule has 2 aromatic heterocycles. The number of fused-ring (bicyclic) bond motifs is 3. The number of halogens is 1. The largest absolute Gasteiger partial charge is 0.494 e. The van der Waals surface area contributed by atoms with E-state index in [0.717, 1.165) is 31.1 Å². The highest BCUT2D eigenvalue weighted by atomic mass is 35.5. The van der Waals surface area contributed by atoms with Crippen molar-refractivity contribution in [2.24, 2.45) is 5.92 Å². The maximum Gasteiger partial charge on any atom is 0.259 e. The number of sulfonamides is 1. The average molecular weight is 767 g/mol. The van der Waals surface area contributed by atoms with Crippen molar-refractivity contribution >= 4 is 55.8 Å². The van der Waals surface area contributed by atoms with Gasteiger partial charge in [0.15, 0.2) is 0 Å². The molecule has 53 heavy (non-hydrogen) atoms. The highest BCUT2D eigenvalue weighted by molar-refractivity contribution is 7.91. The first-order valence-corrected chi connectivity index (χ1v) is 19.8. The first-order valence-electron chi connectivity index (χ1n) is 17.9. The van der Waals surface area contributed by atoms with Crippen molar-refractivity contribution in [1.29, 1.82) is 0 Å². The van der Waals surface area contributed by atoms with Gasteiger partial charge in [0.05, 0.1) is 44.1 Å². The van der Waals surface area contributed by atoms with Gasteiger partial charge < -0.3 is 29.7 Å². The van der Waals surface area contributed by atoms with Crippen molar-refractivity contribution in [1.82, 2.24) is 24.9 Å². The van der Waals surface area contributed by atoms with Crippen molar-refractivity contribution in [2.45, 2.75) is 86.8 Å². The van der Waals surface area contributed by atoms with Crippen molar-refractivity contribution in [3.8, 4) is 17.5 Å². The van der Waals surface area contributed by atoms with Gasteiger partial charge in [-0.1, -0.05) is 36.6 Å². The Morgan fingerprint density at radius 1 is 1.02 bits per heavy atom. The maximum atomic E-state index is 14.6. The summed E-state index contributed by atoms with van der Waals surface area (Å²) in [4.78, 5) is 53.0. The Balaban J connectivity index is 1.21. The quantitative estimate of drug-likeness (QED) is 0.267. The Hall–Kier alpha value is -4.63. The van der Waals surface area contributed by atoms with Gasteiger partial charge in [0.25, 0.3) is 5.91 Å². The minimum absolute atomic E-state index is 0.0460. The molecule has 0 unspecified atom stereocenters. The Kier molecular flexibility index (Phi) is 10.4. The molecule has 282 valence electrons. The van der Waals surface area contributed by atoms with E-state index in [0.29, 0.717) is 47.0 Å². The molecule has 2 saturated carbocycles. The topological polar surface area (TPSA) is 178 Å². The number of rotatable bonds is 9. The standard InChI is InChI=1S/C37H43ClN6O8S/c1-50-31-20-40-34(28-16-23(38)10-14-27(28)31)52-25-17-30-33(45)42-37(36(47)43-53(48,49)26-12-13-26)18-22(37)8-6-4-3-5-7-9-29(35(46)44(30)21-25)41-24-11-15-32(51-2)39-19-24/h6,8,10-11,14-16,19-20,22,25-26,29-30,41H,3-5,7,9,12-13,17-18,21H2,1-2H3,(H,42,45)(H,43,47)/b8-6-/t22-,25-,29+,30+,37-/m1/s1. The number of methoxy groups -OCH3 is 2. The zero-order valence-electron chi connectivity index (χ0n) is 29.5. The molecule has 16 heteroatoms. The molecule has 2 aliphatic heterocycles. The Morgan fingerprint density at radius 3 is 2.58 bits per heavy atom. The smallest absolute Gasteiger partial charge is 0.259 e. The number of hydrogen-bond donors (Lipinski definition) is 3. The number of carbonyl (C=O) groups is 3. The molecule has 5 atom stereocenters. The van der Waals surface area contributed by atoms with Crippen molar-refractivity contribution in [3.63, 3.8) is 0 Å². The molecule has 4 heterocycles. The fourth-order valence-electron chi connectivity index (χ4n) is 7.21. The van der Waals surface area contributed by atoms with Crippen LogP contribution in [0.1, 0.15) is 57.8 Å². The van der Waals surface area contributed by atoms with Crippen LogP contribution in [0.15, 0.2) is 54.9 Å². The van der Waals surface area contributed by atoms with Gasteiger partial charge in [-0.2, -0.15) is 0 Å². The third-order valence-corrected chi connectivity index (χ3v) is 12.5. The summed E-state index contributed by atoms with van der Waals surface area (Å²) in [5, 5.41) is 7.42. The van der Waals surface area contributed by atoms with Crippen LogP contribution in [0.2, 0.25) is 5.02 Å². The highest BCUT2D eigenvalue weighted by Crippen LogP contribution is 2.46. The number of allylic oxidation sites excluding steroid dienone is 1. The van der Waals surface area contributed by atoms with E-state index in [-0.39, 0.29) is 31.2 Å². The molecule has 3 N–H and O–H groups in total. The van der Waals surface area contributed by atoms with Gasteiger partial charge in [-0.05, 0) is 62.8 Å². The number of anilines is 1. The van der Waals surface area contributed by atoms with Crippen LogP contribution in [0.5, 0.6) is 17.5 Å². The minimum Gasteiger partial charge on any atom is -0.494 e. The van der Waals surface area contributed by atoms with E-state index >= 15 is 0 Å². The molecular weight excluding hydrogens is 724 g/mol. The van der Waals surface area contributed by atoms with Gasteiger partial charge in [0, 0.05) is 34.2 Å². The summed E-state index contributed by atoms with van der Waals surface area (Å²) < 4.78 is 45.1. The summed E-state index contributed by atoms with van der Waals surface area (Å²) in [5.74, 6) is -0.850. The van der Waals surface area contributed by atoms with Gasteiger partial charge in [0.1, 0.15) is 29.5 Å². The molecule has 1 aromatic carbocycles. The van der Waals surface area contributed by atoms with Gasteiger partial charge in [0.2, 0.25) is 33.6 Å². The lowest BCUT2D eigenvalue weighted by Crippen LogP contribution is -2.57. The number of benzene rings is 1. The number of amides is 3. The molecule has 2 aliphatic carbocycles. The van der Waals surface area contributed by atoms with Crippen LogP contribution < -0.4 is 29.6 Å². The average Bonchev–Trinajstić information content (AvgIpc) is 4.07. The van der Waals surface area contributed by atoms with Crippen molar-refractivity contribution in [2.75, 3.05) is 26.1 Å². The van der Waals surface area contributed by atoms with E-state index in [9.17, 15) is 22.8 Å². The maximum absolute atomic E-state index is 14.6. The summed E-state index contributed by atoms with van der Waals surface area (Å²) in [6.45, 7) is 0.0460. The summed E-state index contributed by atoms with van der Waals surface area (Å²) >= 11 is 6.36. The van der Waals surface area contributed by atoms with Gasteiger partial charge in [-0.15, -0.1) is 0 Å². The SMILES string of the molecule is COc1ccc(N[C@H]2CCCCC/C=C\[C@@H]3C[C@@]3(C(=O)NS(=O)(=O)C3CC3)NC(=O)[C@@H]3C[C@@H](Oc4ncc(OC)c5ccc(Cl)cc45)CN3C2=O)cn1. The van der Waals surface area contributed by atoms with Crippen molar-refractivity contribution in [3.05, 3.63) is 59.9 Å². The van der Waals surface area contributed by atoms with Gasteiger partial charge in [-0.25, -0.2) is 18.4 Å². The van der Waals surface area contributed by atoms with Gasteiger partial charge in [-0.3, -0.25) is 19.1 Å². The molecule has 3 amide bonds. The van der Waals surface area contributed by atoms with Crippen LogP contribution in [0.3, 0.4) is 0 Å². The number of hydrogen-bond acceptors (Lipinski definition) is 11. The van der Waals surface area contributed by atoms with Crippen LogP contribution in [-0.4, -0.2) is 90.7 Å². The molecule has 0 bridgehead atoms. The predicted octanol–water partition coefficient (Wildman–Crippen LogP) is 4.13. The third-order valence-electron chi connectivity index (χ3n) is 10.4.